The second-order valence-electron chi connectivity index (χ2n) is 4.48. The molecule has 2 aromatic rings. The summed E-state index contributed by atoms with van der Waals surface area (Å²) in [6.07, 6.45) is 0. The average Bonchev–Trinajstić information content (AvgIpc) is 2.24. The van der Waals surface area contributed by atoms with Gasteiger partial charge in [-0.3, -0.25) is 0 Å². The molecule has 88 valence electrons. The topological polar surface area (TPSA) is 26.0 Å². The fourth-order valence-electron chi connectivity index (χ4n) is 2.03. The molecule has 0 amide bonds. The number of aryl methyl sites for hydroxylation is 3. The van der Waals surface area contributed by atoms with Crippen LogP contribution in [0, 0.1) is 26.6 Å². The highest BCUT2D eigenvalue weighted by atomic mass is 19.1. The molecule has 2 aromatic carbocycles. The molecule has 0 unspecified atom stereocenters. The van der Waals surface area contributed by atoms with E-state index in [0.29, 0.717) is 5.69 Å². The molecule has 2 heteroatoms. The molecule has 2 rings (SSSR count). The summed E-state index contributed by atoms with van der Waals surface area (Å²) in [5.41, 5.74) is 12.0. The maximum atomic E-state index is 13.0. The van der Waals surface area contributed by atoms with Gasteiger partial charge in [-0.2, -0.15) is 0 Å². The molecule has 17 heavy (non-hydrogen) atoms. The van der Waals surface area contributed by atoms with Crippen molar-refractivity contribution >= 4 is 5.69 Å². The summed E-state index contributed by atoms with van der Waals surface area (Å²) in [7, 11) is 0. The van der Waals surface area contributed by atoms with E-state index in [4.69, 9.17) is 5.73 Å². The average molecular weight is 229 g/mol. The molecule has 0 atom stereocenters. The van der Waals surface area contributed by atoms with Crippen molar-refractivity contribution in [1.29, 1.82) is 0 Å². The van der Waals surface area contributed by atoms with Gasteiger partial charge in [0.25, 0.3) is 0 Å². The molecule has 0 aliphatic carbocycles. The SMILES string of the molecule is Cc1cc(C)c(-c2ccc(F)cc2N)cc1C. The number of hydrogen-bond donors (Lipinski definition) is 1. The summed E-state index contributed by atoms with van der Waals surface area (Å²) in [6.45, 7) is 6.20. The molecule has 0 aliphatic heterocycles. The summed E-state index contributed by atoms with van der Waals surface area (Å²) >= 11 is 0. The molecule has 0 bridgehead atoms. The van der Waals surface area contributed by atoms with E-state index in [1.807, 2.05) is 6.92 Å². The predicted octanol–water partition coefficient (Wildman–Crippen LogP) is 4.00. The first kappa shape index (κ1) is 11.6. The smallest absolute Gasteiger partial charge is 0.125 e. The quantitative estimate of drug-likeness (QED) is 0.735. The first-order valence-electron chi connectivity index (χ1n) is 5.62. The van der Waals surface area contributed by atoms with Gasteiger partial charge in [0.15, 0.2) is 0 Å². The summed E-state index contributed by atoms with van der Waals surface area (Å²) in [4.78, 5) is 0. The molecular formula is C15H16FN. The van der Waals surface area contributed by atoms with Crippen molar-refractivity contribution in [2.75, 3.05) is 5.73 Å². The lowest BCUT2D eigenvalue weighted by molar-refractivity contribution is 0.628. The van der Waals surface area contributed by atoms with E-state index in [0.717, 1.165) is 16.7 Å². The van der Waals surface area contributed by atoms with Gasteiger partial charge in [0.1, 0.15) is 5.82 Å². The summed E-state index contributed by atoms with van der Waals surface area (Å²) in [6, 6.07) is 8.79. The van der Waals surface area contributed by atoms with Crippen LogP contribution < -0.4 is 5.73 Å². The second kappa shape index (κ2) is 4.21. The molecule has 0 spiro atoms. The standard InChI is InChI=1S/C15H16FN/c1-9-6-11(3)14(7-10(9)2)13-5-4-12(16)8-15(13)17/h4-8H,17H2,1-3H3. The first-order valence-corrected chi connectivity index (χ1v) is 5.62. The third-order valence-corrected chi connectivity index (χ3v) is 3.14. The summed E-state index contributed by atoms with van der Waals surface area (Å²) in [5, 5.41) is 0. The zero-order chi connectivity index (χ0) is 12.6. The van der Waals surface area contributed by atoms with E-state index < -0.39 is 0 Å². The van der Waals surface area contributed by atoms with E-state index in [9.17, 15) is 4.39 Å². The van der Waals surface area contributed by atoms with Crippen molar-refractivity contribution in [1.82, 2.24) is 0 Å². The van der Waals surface area contributed by atoms with Gasteiger partial charge in [-0.1, -0.05) is 12.1 Å². The Morgan fingerprint density at radius 3 is 2.12 bits per heavy atom. The molecule has 0 saturated carbocycles. The third kappa shape index (κ3) is 2.16. The normalized spacial score (nSPS) is 10.6. The van der Waals surface area contributed by atoms with E-state index in [2.05, 4.69) is 26.0 Å². The summed E-state index contributed by atoms with van der Waals surface area (Å²) < 4.78 is 13.0. The van der Waals surface area contributed by atoms with Crippen LogP contribution in [0.15, 0.2) is 30.3 Å². The van der Waals surface area contributed by atoms with Crippen molar-refractivity contribution in [3.05, 3.63) is 52.8 Å². The van der Waals surface area contributed by atoms with Gasteiger partial charge in [0.2, 0.25) is 0 Å². The van der Waals surface area contributed by atoms with Crippen molar-refractivity contribution in [2.45, 2.75) is 20.8 Å². The lowest BCUT2D eigenvalue weighted by Crippen LogP contribution is -1.94. The second-order valence-corrected chi connectivity index (χ2v) is 4.48. The van der Waals surface area contributed by atoms with Gasteiger partial charge in [-0.25, -0.2) is 4.39 Å². The van der Waals surface area contributed by atoms with Gasteiger partial charge < -0.3 is 5.73 Å². The maximum Gasteiger partial charge on any atom is 0.125 e. The minimum atomic E-state index is -0.298. The number of benzene rings is 2. The number of nitrogen functional groups attached to an aromatic ring is 1. The number of nitrogens with two attached hydrogens (primary N) is 1. The number of hydrogen-bond acceptors (Lipinski definition) is 1. The number of rotatable bonds is 1. The van der Waals surface area contributed by atoms with E-state index in [1.54, 1.807) is 6.07 Å². The van der Waals surface area contributed by atoms with Crippen molar-refractivity contribution in [2.24, 2.45) is 0 Å². The van der Waals surface area contributed by atoms with Gasteiger partial charge >= 0.3 is 0 Å². The molecule has 0 radical (unpaired) electrons. The third-order valence-electron chi connectivity index (χ3n) is 3.14. The van der Waals surface area contributed by atoms with Gasteiger partial charge in [-0.15, -0.1) is 0 Å². The van der Waals surface area contributed by atoms with Gasteiger partial charge in [-0.05, 0) is 61.2 Å². The molecular weight excluding hydrogens is 213 g/mol. The lowest BCUT2D eigenvalue weighted by atomic mass is 9.94. The number of halogens is 1. The largest absolute Gasteiger partial charge is 0.398 e. The maximum absolute atomic E-state index is 13.0. The minimum absolute atomic E-state index is 0.298. The van der Waals surface area contributed by atoms with Crippen LogP contribution in [0.3, 0.4) is 0 Å². The molecule has 0 aliphatic rings. The first-order chi connectivity index (χ1) is 7.99. The molecule has 0 heterocycles. The zero-order valence-corrected chi connectivity index (χ0v) is 10.3. The van der Waals surface area contributed by atoms with E-state index in [-0.39, 0.29) is 5.82 Å². The Balaban J connectivity index is 2.64. The van der Waals surface area contributed by atoms with Crippen LogP contribution in [0.4, 0.5) is 10.1 Å². The monoisotopic (exact) mass is 229 g/mol. The minimum Gasteiger partial charge on any atom is -0.398 e. The van der Waals surface area contributed by atoms with Crippen LogP contribution in [-0.4, -0.2) is 0 Å². The van der Waals surface area contributed by atoms with Crippen LogP contribution in [0.5, 0.6) is 0 Å². The van der Waals surface area contributed by atoms with Crippen molar-refractivity contribution in [3.8, 4) is 11.1 Å². The highest BCUT2D eigenvalue weighted by molar-refractivity contribution is 5.79. The Bertz CT molecular complexity index is 573. The molecule has 0 aromatic heterocycles. The van der Waals surface area contributed by atoms with E-state index in [1.165, 1.54) is 23.3 Å². The fraction of sp³-hybridized carbons (Fsp3) is 0.200. The molecule has 0 saturated heterocycles. The highest BCUT2D eigenvalue weighted by Gasteiger charge is 2.08. The molecule has 0 fully saturated rings. The Morgan fingerprint density at radius 2 is 1.47 bits per heavy atom. The van der Waals surface area contributed by atoms with Crippen LogP contribution >= 0.6 is 0 Å². The Hall–Kier alpha value is -1.83. The van der Waals surface area contributed by atoms with Crippen LogP contribution in [-0.2, 0) is 0 Å². The van der Waals surface area contributed by atoms with Gasteiger partial charge in [0, 0.05) is 11.3 Å². The zero-order valence-electron chi connectivity index (χ0n) is 10.3. The predicted molar refractivity (Wildman–Crippen MR) is 70.5 cm³/mol. The molecule has 1 nitrogen and oxygen atoms in total. The number of anilines is 1. The van der Waals surface area contributed by atoms with Crippen LogP contribution in [0.25, 0.3) is 11.1 Å². The Labute approximate surface area is 101 Å². The lowest BCUT2D eigenvalue weighted by Gasteiger charge is -2.12. The van der Waals surface area contributed by atoms with Crippen molar-refractivity contribution < 1.29 is 4.39 Å². The fourth-order valence-corrected chi connectivity index (χ4v) is 2.03. The molecule has 2 N–H and O–H groups in total. The highest BCUT2D eigenvalue weighted by Crippen LogP contribution is 2.31. The Morgan fingerprint density at radius 1 is 0.824 bits per heavy atom. The van der Waals surface area contributed by atoms with Crippen LogP contribution in [0.2, 0.25) is 0 Å². The van der Waals surface area contributed by atoms with Crippen LogP contribution in [0.1, 0.15) is 16.7 Å². The van der Waals surface area contributed by atoms with E-state index >= 15 is 0 Å². The Kier molecular flexibility index (Phi) is 2.88. The van der Waals surface area contributed by atoms with Gasteiger partial charge in [0.05, 0.1) is 0 Å². The van der Waals surface area contributed by atoms with Crippen molar-refractivity contribution in [3.63, 3.8) is 0 Å². The summed E-state index contributed by atoms with van der Waals surface area (Å²) in [5.74, 6) is -0.298.